The zero-order valence-electron chi connectivity index (χ0n) is 9.32. The lowest BCUT2D eigenvalue weighted by Gasteiger charge is -2.24. The van der Waals surface area contributed by atoms with Gasteiger partial charge in [-0.1, -0.05) is 13.3 Å². The predicted octanol–water partition coefficient (Wildman–Crippen LogP) is 1.82. The van der Waals surface area contributed by atoms with Crippen LogP contribution in [0.3, 0.4) is 0 Å². The highest BCUT2D eigenvalue weighted by atomic mass is 16.6. The van der Waals surface area contributed by atoms with Crippen molar-refractivity contribution in [2.75, 3.05) is 6.61 Å². The van der Waals surface area contributed by atoms with Crippen molar-refractivity contribution in [1.82, 2.24) is 10.4 Å². The highest BCUT2D eigenvalue weighted by molar-refractivity contribution is 5.73. The molecule has 6 nitrogen and oxygen atoms in total. The van der Waals surface area contributed by atoms with E-state index in [4.69, 9.17) is 9.84 Å². The number of carbonyl (C=O) groups is 2. The van der Waals surface area contributed by atoms with Gasteiger partial charge in [0.05, 0.1) is 12.6 Å². The van der Waals surface area contributed by atoms with Crippen molar-refractivity contribution in [2.45, 2.75) is 39.7 Å². The van der Waals surface area contributed by atoms with Gasteiger partial charge in [0.25, 0.3) is 0 Å². The quantitative estimate of drug-likeness (QED) is 0.557. The summed E-state index contributed by atoms with van der Waals surface area (Å²) in [6, 6.07) is -0.282. The Morgan fingerprint density at radius 2 is 2.07 bits per heavy atom. The molecule has 2 amide bonds. The summed E-state index contributed by atoms with van der Waals surface area (Å²) in [4.78, 5) is 21.8. The monoisotopic (exact) mass is 218 g/mol. The Morgan fingerprint density at radius 3 is 2.47 bits per heavy atom. The van der Waals surface area contributed by atoms with Crippen molar-refractivity contribution in [3.05, 3.63) is 0 Å². The second-order valence-corrected chi connectivity index (χ2v) is 3.35. The van der Waals surface area contributed by atoms with Crippen LogP contribution in [0, 0.1) is 0 Å². The molecular formula is C9H18N2O4. The Labute approximate surface area is 89.2 Å². The number of unbranched alkanes of at least 4 members (excludes halogenated alkanes) is 1. The number of amides is 2. The number of carbonyl (C=O) groups excluding carboxylic acids is 1. The molecule has 0 aliphatic rings. The average Bonchev–Trinajstić information content (AvgIpc) is 2.13. The van der Waals surface area contributed by atoms with E-state index in [9.17, 15) is 9.59 Å². The zero-order valence-corrected chi connectivity index (χ0v) is 9.32. The number of ether oxygens (including phenoxy) is 1. The molecule has 6 heteroatoms. The SMILES string of the molecule is CCCCOC(=O)N(NC(=O)O)C(C)C. The first-order valence-electron chi connectivity index (χ1n) is 4.94. The van der Waals surface area contributed by atoms with Gasteiger partial charge in [-0.3, -0.25) is 0 Å². The van der Waals surface area contributed by atoms with Crippen LogP contribution < -0.4 is 5.43 Å². The van der Waals surface area contributed by atoms with E-state index < -0.39 is 12.2 Å². The van der Waals surface area contributed by atoms with Crippen molar-refractivity contribution >= 4 is 12.2 Å². The van der Waals surface area contributed by atoms with Crippen LogP contribution in [0.15, 0.2) is 0 Å². The summed E-state index contributed by atoms with van der Waals surface area (Å²) in [7, 11) is 0. The third kappa shape index (κ3) is 5.77. The molecule has 0 aliphatic heterocycles. The first-order valence-corrected chi connectivity index (χ1v) is 4.94. The Hall–Kier alpha value is -1.46. The first-order chi connectivity index (χ1) is 6.99. The van der Waals surface area contributed by atoms with Crippen LogP contribution in [0.25, 0.3) is 0 Å². The number of hydrogen-bond donors (Lipinski definition) is 2. The molecule has 0 aliphatic carbocycles. The van der Waals surface area contributed by atoms with E-state index in [0.29, 0.717) is 6.61 Å². The van der Waals surface area contributed by atoms with E-state index in [-0.39, 0.29) is 6.04 Å². The second kappa shape index (κ2) is 6.92. The molecule has 0 saturated heterocycles. The Balaban J connectivity index is 4.11. The minimum atomic E-state index is -1.28. The van der Waals surface area contributed by atoms with Gasteiger partial charge in [0.1, 0.15) is 0 Å². The predicted molar refractivity (Wildman–Crippen MR) is 54.4 cm³/mol. The van der Waals surface area contributed by atoms with E-state index in [2.05, 4.69) is 0 Å². The lowest BCUT2D eigenvalue weighted by atomic mass is 10.4. The lowest BCUT2D eigenvalue weighted by molar-refractivity contribution is 0.0654. The van der Waals surface area contributed by atoms with Crippen LogP contribution in [0.4, 0.5) is 9.59 Å². The summed E-state index contributed by atoms with van der Waals surface area (Å²) in [6.45, 7) is 5.66. The summed E-state index contributed by atoms with van der Waals surface area (Å²) in [6.07, 6.45) is -0.261. The van der Waals surface area contributed by atoms with Crippen LogP contribution in [0.1, 0.15) is 33.6 Å². The van der Waals surface area contributed by atoms with E-state index in [1.54, 1.807) is 13.8 Å². The Morgan fingerprint density at radius 1 is 1.47 bits per heavy atom. The van der Waals surface area contributed by atoms with E-state index in [0.717, 1.165) is 17.9 Å². The van der Waals surface area contributed by atoms with Crippen LogP contribution >= 0.6 is 0 Å². The maximum Gasteiger partial charge on any atom is 0.429 e. The van der Waals surface area contributed by atoms with Crippen molar-refractivity contribution in [3.63, 3.8) is 0 Å². The topological polar surface area (TPSA) is 78.9 Å². The molecule has 0 bridgehead atoms. The van der Waals surface area contributed by atoms with Gasteiger partial charge in [0.15, 0.2) is 0 Å². The molecule has 0 aromatic rings. The minimum Gasteiger partial charge on any atom is -0.464 e. The molecule has 0 spiro atoms. The number of hydrogen-bond acceptors (Lipinski definition) is 3. The van der Waals surface area contributed by atoms with Crippen LogP contribution in [0.5, 0.6) is 0 Å². The molecule has 0 rings (SSSR count). The Bertz CT molecular complexity index is 218. The maximum atomic E-state index is 11.4. The summed E-state index contributed by atoms with van der Waals surface area (Å²) in [5, 5.41) is 9.44. The molecule has 0 unspecified atom stereocenters. The molecule has 0 aromatic carbocycles. The van der Waals surface area contributed by atoms with E-state index >= 15 is 0 Å². The molecule has 0 saturated carbocycles. The number of hydrazine groups is 1. The summed E-state index contributed by atoms with van der Waals surface area (Å²) in [5.41, 5.74) is 1.98. The van der Waals surface area contributed by atoms with Gasteiger partial charge in [-0.15, -0.1) is 0 Å². The van der Waals surface area contributed by atoms with Gasteiger partial charge < -0.3 is 9.84 Å². The third-order valence-corrected chi connectivity index (χ3v) is 1.65. The number of rotatable bonds is 4. The lowest BCUT2D eigenvalue weighted by Crippen LogP contribution is -2.49. The highest BCUT2D eigenvalue weighted by Gasteiger charge is 2.20. The molecule has 0 heterocycles. The largest absolute Gasteiger partial charge is 0.464 e. The molecular weight excluding hydrogens is 200 g/mol. The average molecular weight is 218 g/mol. The molecule has 15 heavy (non-hydrogen) atoms. The normalized spacial score (nSPS) is 9.87. The third-order valence-electron chi connectivity index (χ3n) is 1.65. The fourth-order valence-electron chi connectivity index (χ4n) is 0.862. The van der Waals surface area contributed by atoms with Crippen molar-refractivity contribution in [1.29, 1.82) is 0 Å². The molecule has 0 fully saturated rings. The fourth-order valence-corrected chi connectivity index (χ4v) is 0.862. The van der Waals surface area contributed by atoms with Gasteiger partial charge in [-0.05, 0) is 20.3 Å². The fraction of sp³-hybridized carbons (Fsp3) is 0.778. The smallest absolute Gasteiger partial charge is 0.429 e. The minimum absolute atomic E-state index is 0.282. The van der Waals surface area contributed by atoms with Crippen molar-refractivity contribution in [2.24, 2.45) is 0 Å². The molecule has 0 atom stereocenters. The molecule has 0 radical (unpaired) electrons. The van der Waals surface area contributed by atoms with Gasteiger partial charge >= 0.3 is 12.2 Å². The first kappa shape index (κ1) is 13.5. The summed E-state index contributed by atoms with van der Waals surface area (Å²) >= 11 is 0. The second-order valence-electron chi connectivity index (χ2n) is 3.35. The van der Waals surface area contributed by atoms with Crippen LogP contribution in [-0.4, -0.2) is 35.0 Å². The zero-order chi connectivity index (χ0) is 11.8. The molecule has 88 valence electrons. The van der Waals surface area contributed by atoms with Gasteiger partial charge in [-0.2, -0.15) is 0 Å². The molecule has 2 N–H and O–H groups in total. The van der Waals surface area contributed by atoms with Crippen LogP contribution in [0.2, 0.25) is 0 Å². The van der Waals surface area contributed by atoms with Crippen molar-refractivity contribution in [3.8, 4) is 0 Å². The Kier molecular flexibility index (Phi) is 6.24. The maximum absolute atomic E-state index is 11.4. The van der Waals surface area contributed by atoms with Crippen LogP contribution in [-0.2, 0) is 4.74 Å². The standard InChI is InChI=1S/C9H18N2O4/c1-4-5-6-15-9(14)11(7(2)3)10-8(12)13/h7,10H,4-6H2,1-3H3,(H,12,13). The highest BCUT2D eigenvalue weighted by Crippen LogP contribution is 1.99. The van der Waals surface area contributed by atoms with Gasteiger partial charge in [0.2, 0.25) is 0 Å². The molecule has 0 aromatic heterocycles. The van der Waals surface area contributed by atoms with E-state index in [1.807, 2.05) is 12.3 Å². The number of nitrogens with zero attached hydrogens (tertiary/aromatic N) is 1. The summed E-state index contributed by atoms with van der Waals surface area (Å²) in [5.74, 6) is 0. The van der Waals surface area contributed by atoms with E-state index in [1.165, 1.54) is 0 Å². The van der Waals surface area contributed by atoms with Gasteiger partial charge in [0, 0.05) is 0 Å². The number of carboxylic acid groups (broad SMARTS) is 1. The van der Waals surface area contributed by atoms with Crippen molar-refractivity contribution < 1.29 is 19.4 Å². The van der Waals surface area contributed by atoms with Gasteiger partial charge in [-0.25, -0.2) is 20.0 Å². The number of nitrogens with one attached hydrogen (secondary N) is 1. The summed E-state index contributed by atoms with van der Waals surface area (Å²) < 4.78 is 4.87.